The van der Waals surface area contributed by atoms with Crippen LogP contribution < -0.4 is 5.32 Å². The monoisotopic (exact) mass is 171 g/mol. The van der Waals surface area contributed by atoms with Gasteiger partial charge in [-0.3, -0.25) is 0 Å². The highest BCUT2D eigenvalue weighted by Crippen LogP contribution is 2.07. The van der Waals surface area contributed by atoms with Gasteiger partial charge >= 0.3 is 0 Å². The maximum Gasteiger partial charge on any atom is 0.0763 e. The number of ether oxygens (including phenoxy) is 1. The first-order valence-electron chi connectivity index (χ1n) is 4.71. The Kier molecular flexibility index (Phi) is 7.11. The second kappa shape index (κ2) is 7.32. The molecule has 0 fully saturated rings. The quantitative estimate of drug-likeness (QED) is 0.591. The van der Waals surface area contributed by atoms with Crippen LogP contribution in [0.2, 0.25) is 0 Å². The summed E-state index contributed by atoms with van der Waals surface area (Å²) < 4.78 is 5.59. The molecule has 0 aliphatic rings. The third-order valence-electron chi connectivity index (χ3n) is 1.94. The van der Waals surface area contributed by atoms with Crippen molar-refractivity contribution in [2.45, 2.75) is 38.8 Å². The van der Waals surface area contributed by atoms with E-state index < -0.39 is 0 Å². The van der Waals surface area contributed by atoms with Gasteiger partial charge in [-0.1, -0.05) is 19.4 Å². The largest absolute Gasteiger partial charge is 0.377 e. The van der Waals surface area contributed by atoms with Gasteiger partial charge in [0.15, 0.2) is 0 Å². The Balaban J connectivity index is 3.94. The maximum atomic E-state index is 5.59. The lowest BCUT2D eigenvalue weighted by Gasteiger charge is -2.23. The molecule has 0 heterocycles. The molecule has 0 amide bonds. The van der Waals surface area contributed by atoms with E-state index in [1.807, 2.05) is 20.0 Å². The van der Waals surface area contributed by atoms with E-state index in [2.05, 4.69) is 18.8 Å². The summed E-state index contributed by atoms with van der Waals surface area (Å²) in [7, 11) is 1.94. The summed E-state index contributed by atoms with van der Waals surface area (Å²) in [5.41, 5.74) is 0. The molecule has 0 saturated carbocycles. The molecule has 0 spiro atoms. The van der Waals surface area contributed by atoms with Crippen molar-refractivity contribution in [1.82, 2.24) is 5.32 Å². The first-order chi connectivity index (χ1) is 5.79. The number of rotatable bonds is 7. The lowest BCUT2D eigenvalue weighted by Crippen LogP contribution is -2.37. The minimum atomic E-state index is 0.280. The van der Waals surface area contributed by atoms with Gasteiger partial charge in [0, 0.05) is 6.61 Å². The van der Waals surface area contributed by atoms with E-state index >= 15 is 0 Å². The molecular formula is C10H21NO. The molecule has 0 radical (unpaired) electrons. The van der Waals surface area contributed by atoms with Crippen molar-refractivity contribution in [3.8, 4) is 0 Å². The fourth-order valence-corrected chi connectivity index (χ4v) is 1.32. The van der Waals surface area contributed by atoms with E-state index in [9.17, 15) is 0 Å². The van der Waals surface area contributed by atoms with Gasteiger partial charge in [0.25, 0.3) is 0 Å². The van der Waals surface area contributed by atoms with Crippen LogP contribution in [0.25, 0.3) is 0 Å². The van der Waals surface area contributed by atoms with Crippen LogP contribution in [-0.2, 0) is 4.74 Å². The Bertz CT molecular complexity index is 108. The molecule has 72 valence electrons. The smallest absolute Gasteiger partial charge is 0.0763 e. The van der Waals surface area contributed by atoms with Crippen LogP contribution in [0, 0.1) is 0 Å². The molecule has 2 unspecified atom stereocenters. The van der Waals surface area contributed by atoms with Crippen molar-refractivity contribution in [3.05, 3.63) is 12.7 Å². The summed E-state index contributed by atoms with van der Waals surface area (Å²) in [5, 5.41) is 3.18. The Morgan fingerprint density at radius 1 is 1.50 bits per heavy atom. The fraction of sp³-hybridized carbons (Fsp3) is 0.800. The second-order valence-corrected chi connectivity index (χ2v) is 2.83. The van der Waals surface area contributed by atoms with E-state index in [1.54, 1.807) is 0 Å². The number of nitrogens with one attached hydrogen (secondary N) is 1. The van der Waals surface area contributed by atoms with Crippen LogP contribution in [0.1, 0.15) is 26.7 Å². The predicted octanol–water partition coefficient (Wildman–Crippen LogP) is 1.97. The molecule has 0 saturated heterocycles. The summed E-state index contributed by atoms with van der Waals surface area (Å²) in [5.74, 6) is 0. The van der Waals surface area contributed by atoms with Crippen LogP contribution in [0.3, 0.4) is 0 Å². The van der Waals surface area contributed by atoms with Gasteiger partial charge in [0.05, 0.1) is 12.1 Å². The zero-order valence-corrected chi connectivity index (χ0v) is 8.47. The fourth-order valence-electron chi connectivity index (χ4n) is 1.32. The van der Waals surface area contributed by atoms with E-state index in [0.29, 0.717) is 0 Å². The standard InChI is InChI=1S/C10H21NO/c1-5-8-10(12-7-3)9(6-2)11-4/h6,9-11H,2,5,7-8H2,1,3-4H3. The Morgan fingerprint density at radius 3 is 2.50 bits per heavy atom. The van der Waals surface area contributed by atoms with Gasteiger partial charge in [0.1, 0.15) is 0 Å². The first-order valence-corrected chi connectivity index (χ1v) is 4.71. The molecule has 0 aromatic rings. The highest BCUT2D eigenvalue weighted by molar-refractivity contribution is 4.90. The third-order valence-corrected chi connectivity index (χ3v) is 1.94. The summed E-state index contributed by atoms with van der Waals surface area (Å²) in [6, 6.07) is 0.282. The minimum absolute atomic E-state index is 0.280. The second-order valence-electron chi connectivity index (χ2n) is 2.83. The highest BCUT2D eigenvalue weighted by Gasteiger charge is 2.15. The minimum Gasteiger partial charge on any atom is -0.377 e. The average Bonchev–Trinajstić information content (AvgIpc) is 2.07. The van der Waals surface area contributed by atoms with Gasteiger partial charge in [-0.25, -0.2) is 0 Å². The zero-order valence-electron chi connectivity index (χ0n) is 8.47. The van der Waals surface area contributed by atoms with E-state index in [0.717, 1.165) is 19.4 Å². The molecule has 1 N–H and O–H groups in total. The van der Waals surface area contributed by atoms with Crippen LogP contribution >= 0.6 is 0 Å². The molecule has 2 atom stereocenters. The Labute approximate surface area is 76.0 Å². The van der Waals surface area contributed by atoms with Crippen LogP contribution in [0.5, 0.6) is 0 Å². The summed E-state index contributed by atoms with van der Waals surface area (Å²) in [6.07, 6.45) is 4.43. The normalized spacial score (nSPS) is 15.6. The average molecular weight is 171 g/mol. The molecule has 2 nitrogen and oxygen atoms in total. The van der Waals surface area contributed by atoms with Gasteiger partial charge in [0.2, 0.25) is 0 Å². The van der Waals surface area contributed by atoms with Gasteiger partial charge < -0.3 is 10.1 Å². The molecule has 0 aromatic carbocycles. The third kappa shape index (κ3) is 3.88. The molecule has 0 aromatic heterocycles. The molecular weight excluding hydrogens is 150 g/mol. The maximum absolute atomic E-state index is 5.59. The number of hydrogen-bond donors (Lipinski definition) is 1. The first kappa shape index (κ1) is 11.7. The summed E-state index contributed by atoms with van der Waals surface area (Å²) >= 11 is 0. The topological polar surface area (TPSA) is 21.3 Å². The van der Waals surface area contributed by atoms with Crippen molar-refractivity contribution < 1.29 is 4.74 Å². The lowest BCUT2D eigenvalue weighted by molar-refractivity contribution is 0.0412. The highest BCUT2D eigenvalue weighted by atomic mass is 16.5. The zero-order chi connectivity index (χ0) is 9.40. The van der Waals surface area contributed by atoms with Crippen LogP contribution in [-0.4, -0.2) is 25.8 Å². The van der Waals surface area contributed by atoms with Crippen molar-refractivity contribution >= 4 is 0 Å². The summed E-state index contributed by atoms with van der Waals surface area (Å²) in [6.45, 7) is 8.74. The molecule has 0 aliphatic carbocycles. The number of likely N-dealkylation sites (N-methyl/N-ethyl adjacent to an activating group) is 1. The van der Waals surface area contributed by atoms with Crippen molar-refractivity contribution in [1.29, 1.82) is 0 Å². The summed E-state index contributed by atoms with van der Waals surface area (Å²) in [4.78, 5) is 0. The lowest BCUT2D eigenvalue weighted by atomic mass is 10.1. The van der Waals surface area contributed by atoms with E-state index in [1.165, 1.54) is 0 Å². The van der Waals surface area contributed by atoms with Crippen LogP contribution in [0.4, 0.5) is 0 Å². The van der Waals surface area contributed by atoms with Crippen molar-refractivity contribution in [2.75, 3.05) is 13.7 Å². The molecule has 0 rings (SSSR count). The van der Waals surface area contributed by atoms with E-state index in [4.69, 9.17) is 4.74 Å². The Hall–Kier alpha value is -0.340. The molecule has 0 aliphatic heterocycles. The van der Waals surface area contributed by atoms with Gasteiger partial charge in [-0.05, 0) is 20.4 Å². The molecule has 2 heteroatoms. The predicted molar refractivity (Wildman–Crippen MR) is 53.4 cm³/mol. The Morgan fingerprint density at radius 2 is 2.17 bits per heavy atom. The van der Waals surface area contributed by atoms with Crippen molar-refractivity contribution in [3.63, 3.8) is 0 Å². The van der Waals surface area contributed by atoms with Crippen molar-refractivity contribution in [2.24, 2.45) is 0 Å². The SMILES string of the molecule is C=CC(NC)C(CCC)OCC. The molecule has 12 heavy (non-hydrogen) atoms. The number of hydrogen-bond acceptors (Lipinski definition) is 2. The van der Waals surface area contributed by atoms with Gasteiger partial charge in [-0.15, -0.1) is 6.58 Å². The van der Waals surface area contributed by atoms with Crippen LogP contribution in [0.15, 0.2) is 12.7 Å². The van der Waals surface area contributed by atoms with E-state index in [-0.39, 0.29) is 12.1 Å². The molecule has 0 bridgehead atoms. The van der Waals surface area contributed by atoms with Gasteiger partial charge in [-0.2, -0.15) is 0 Å².